The highest BCUT2D eigenvalue weighted by atomic mass is 32.2. The van der Waals surface area contributed by atoms with Gasteiger partial charge in [0.2, 0.25) is 0 Å². The zero-order chi connectivity index (χ0) is 14.4. The van der Waals surface area contributed by atoms with Crippen molar-refractivity contribution in [2.45, 2.75) is 50.0 Å². The summed E-state index contributed by atoms with van der Waals surface area (Å²) in [6.07, 6.45) is 5.44. The van der Waals surface area contributed by atoms with E-state index in [0.717, 1.165) is 22.8 Å². The summed E-state index contributed by atoms with van der Waals surface area (Å²) < 4.78 is 0. The van der Waals surface area contributed by atoms with Crippen LogP contribution in [-0.4, -0.2) is 9.97 Å². The van der Waals surface area contributed by atoms with Crippen molar-refractivity contribution in [2.75, 3.05) is 0 Å². The lowest BCUT2D eigenvalue weighted by atomic mass is 10.0. The van der Waals surface area contributed by atoms with Gasteiger partial charge in [-0.1, -0.05) is 56.7 Å². The number of hydrogen-bond acceptors (Lipinski definition) is 3. The van der Waals surface area contributed by atoms with Crippen molar-refractivity contribution in [3.8, 4) is 0 Å². The van der Waals surface area contributed by atoms with E-state index in [-0.39, 0.29) is 0 Å². The van der Waals surface area contributed by atoms with Crippen LogP contribution in [0.3, 0.4) is 0 Å². The van der Waals surface area contributed by atoms with Crippen LogP contribution in [0.2, 0.25) is 0 Å². The summed E-state index contributed by atoms with van der Waals surface area (Å²) >= 11 is 1.68. The molecule has 0 radical (unpaired) electrons. The van der Waals surface area contributed by atoms with E-state index < -0.39 is 0 Å². The SMILES string of the molecule is CCCC(C)Cc1cnc(Sc2ccccc2)c(C)n1. The van der Waals surface area contributed by atoms with Gasteiger partial charge in [-0.05, 0) is 31.4 Å². The maximum Gasteiger partial charge on any atom is 0.122 e. The third kappa shape index (κ3) is 4.34. The van der Waals surface area contributed by atoms with Gasteiger partial charge in [-0.25, -0.2) is 4.98 Å². The van der Waals surface area contributed by atoms with E-state index in [1.54, 1.807) is 11.8 Å². The molecule has 3 heteroatoms. The van der Waals surface area contributed by atoms with E-state index in [4.69, 9.17) is 4.98 Å². The van der Waals surface area contributed by atoms with Crippen LogP contribution in [0.25, 0.3) is 0 Å². The van der Waals surface area contributed by atoms with E-state index in [1.165, 1.54) is 17.7 Å². The molecule has 1 atom stereocenters. The van der Waals surface area contributed by atoms with E-state index in [9.17, 15) is 0 Å². The van der Waals surface area contributed by atoms with Crippen LogP contribution in [0.15, 0.2) is 46.5 Å². The molecular formula is C17H22N2S. The Morgan fingerprint density at radius 2 is 1.95 bits per heavy atom. The maximum absolute atomic E-state index is 4.71. The van der Waals surface area contributed by atoms with Gasteiger partial charge in [0.15, 0.2) is 0 Å². The molecule has 106 valence electrons. The van der Waals surface area contributed by atoms with Gasteiger partial charge in [0.1, 0.15) is 5.03 Å². The minimum absolute atomic E-state index is 0.682. The lowest BCUT2D eigenvalue weighted by Gasteiger charge is -2.11. The first kappa shape index (κ1) is 15.0. The molecule has 2 aromatic rings. The van der Waals surface area contributed by atoms with E-state index in [1.807, 2.05) is 31.3 Å². The Balaban J connectivity index is 2.06. The first-order valence-electron chi connectivity index (χ1n) is 7.24. The van der Waals surface area contributed by atoms with Crippen molar-refractivity contribution in [3.05, 3.63) is 47.9 Å². The van der Waals surface area contributed by atoms with Crippen molar-refractivity contribution < 1.29 is 0 Å². The third-order valence-electron chi connectivity index (χ3n) is 3.25. The molecular weight excluding hydrogens is 264 g/mol. The van der Waals surface area contributed by atoms with Crippen LogP contribution in [-0.2, 0) is 6.42 Å². The average Bonchev–Trinajstić information content (AvgIpc) is 2.43. The molecule has 0 bridgehead atoms. The fourth-order valence-corrected chi connectivity index (χ4v) is 3.08. The van der Waals surface area contributed by atoms with Gasteiger partial charge < -0.3 is 0 Å². The van der Waals surface area contributed by atoms with Crippen LogP contribution in [0, 0.1) is 12.8 Å². The third-order valence-corrected chi connectivity index (χ3v) is 4.35. The first-order valence-corrected chi connectivity index (χ1v) is 8.06. The zero-order valence-electron chi connectivity index (χ0n) is 12.5. The Morgan fingerprint density at radius 1 is 1.20 bits per heavy atom. The number of aryl methyl sites for hydroxylation is 1. The van der Waals surface area contributed by atoms with Crippen LogP contribution < -0.4 is 0 Å². The minimum Gasteiger partial charge on any atom is -0.254 e. The van der Waals surface area contributed by atoms with Gasteiger partial charge in [0.05, 0.1) is 11.4 Å². The summed E-state index contributed by atoms with van der Waals surface area (Å²) in [5.74, 6) is 0.682. The molecule has 0 aliphatic heterocycles. The van der Waals surface area contributed by atoms with E-state index in [2.05, 4.69) is 31.0 Å². The standard InChI is InChI=1S/C17H22N2S/c1-4-8-13(2)11-15-12-18-17(14(3)19-15)20-16-9-6-5-7-10-16/h5-7,9-10,12-13H,4,8,11H2,1-3H3. The zero-order valence-corrected chi connectivity index (χ0v) is 13.3. The Labute approximate surface area is 126 Å². The summed E-state index contributed by atoms with van der Waals surface area (Å²) in [6, 6.07) is 10.3. The van der Waals surface area contributed by atoms with Crippen LogP contribution in [0.5, 0.6) is 0 Å². The summed E-state index contributed by atoms with van der Waals surface area (Å²) in [7, 11) is 0. The molecule has 0 N–H and O–H groups in total. The summed E-state index contributed by atoms with van der Waals surface area (Å²) in [4.78, 5) is 10.5. The Morgan fingerprint density at radius 3 is 2.60 bits per heavy atom. The second kappa shape index (κ2) is 7.44. The molecule has 1 aromatic carbocycles. The maximum atomic E-state index is 4.71. The highest BCUT2D eigenvalue weighted by Gasteiger charge is 2.08. The highest BCUT2D eigenvalue weighted by Crippen LogP contribution is 2.27. The van der Waals surface area contributed by atoms with Crippen LogP contribution in [0.4, 0.5) is 0 Å². The molecule has 0 aliphatic rings. The summed E-state index contributed by atoms with van der Waals surface area (Å²) in [6.45, 7) is 6.56. The molecule has 20 heavy (non-hydrogen) atoms. The monoisotopic (exact) mass is 286 g/mol. The van der Waals surface area contributed by atoms with Crippen molar-refractivity contribution >= 4 is 11.8 Å². The van der Waals surface area contributed by atoms with Gasteiger partial charge >= 0.3 is 0 Å². The van der Waals surface area contributed by atoms with Crippen LogP contribution >= 0.6 is 11.8 Å². The molecule has 0 fully saturated rings. The predicted molar refractivity (Wildman–Crippen MR) is 85.1 cm³/mol. The van der Waals surface area contributed by atoms with Gasteiger partial charge in [0, 0.05) is 11.1 Å². The molecule has 0 saturated carbocycles. The van der Waals surface area contributed by atoms with Crippen molar-refractivity contribution in [1.29, 1.82) is 0 Å². The Kier molecular flexibility index (Phi) is 5.60. The van der Waals surface area contributed by atoms with Gasteiger partial charge in [-0.15, -0.1) is 0 Å². The fraction of sp³-hybridized carbons (Fsp3) is 0.412. The molecule has 0 spiro atoms. The molecule has 2 rings (SSSR count). The van der Waals surface area contributed by atoms with Gasteiger partial charge in [-0.2, -0.15) is 0 Å². The average molecular weight is 286 g/mol. The molecule has 0 aliphatic carbocycles. The first-order chi connectivity index (χ1) is 9.69. The second-order valence-corrected chi connectivity index (χ2v) is 6.33. The lowest BCUT2D eigenvalue weighted by molar-refractivity contribution is 0.514. The van der Waals surface area contributed by atoms with E-state index >= 15 is 0 Å². The summed E-state index contributed by atoms with van der Waals surface area (Å²) in [5.41, 5.74) is 2.14. The Bertz CT molecular complexity index is 540. The smallest absolute Gasteiger partial charge is 0.122 e. The largest absolute Gasteiger partial charge is 0.254 e. The minimum atomic E-state index is 0.682. The van der Waals surface area contributed by atoms with Crippen LogP contribution in [0.1, 0.15) is 38.1 Å². The predicted octanol–water partition coefficient (Wildman–Crippen LogP) is 4.91. The van der Waals surface area contributed by atoms with Crippen molar-refractivity contribution in [1.82, 2.24) is 9.97 Å². The summed E-state index contributed by atoms with van der Waals surface area (Å²) in [5, 5.41) is 1.00. The highest BCUT2D eigenvalue weighted by molar-refractivity contribution is 7.99. The van der Waals surface area contributed by atoms with E-state index in [0.29, 0.717) is 5.92 Å². The lowest BCUT2D eigenvalue weighted by Crippen LogP contribution is -2.04. The number of hydrogen-bond donors (Lipinski definition) is 0. The van der Waals surface area contributed by atoms with Crippen molar-refractivity contribution in [2.24, 2.45) is 5.92 Å². The second-order valence-electron chi connectivity index (χ2n) is 5.26. The number of nitrogens with zero attached hydrogens (tertiary/aromatic N) is 2. The van der Waals surface area contributed by atoms with Gasteiger partial charge in [-0.3, -0.25) is 4.98 Å². The number of aromatic nitrogens is 2. The molecule has 1 heterocycles. The molecule has 1 unspecified atom stereocenters. The molecule has 0 amide bonds. The Hall–Kier alpha value is -1.35. The molecule has 1 aromatic heterocycles. The fourth-order valence-electron chi connectivity index (χ4n) is 2.27. The molecule has 2 nitrogen and oxygen atoms in total. The van der Waals surface area contributed by atoms with Gasteiger partial charge in [0.25, 0.3) is 0 Å². The normalized spacial score (nSPS) is 12.3. The van der Waals surface area contributed by atoms with Crippen molar-refractivity contribution in [3.63, 3.8) is 0 Å². The number of rotatable bonds is 6. The number of benzene rings is 1. The topological polar surface area (TPSA) is 25.8 Å². The molecule has 0 saturated heterocycles. The quantitative estimate of drug-likeness (QED) is 0.754.